The van der Waals surface area contributed by atoms with Crippen LogP contribution in [0.15, 0.2) is 22.8 Å². The maximum absolute atomic E-state index is 9.12. The highest BCUT2D eigenvalue weighted by molar-refractivity contribution is 5.80. The van der Waals surface area contributed by atoms with Crippen LogP contribution in [0.4, 0.5) is 5.88 Å². The summed E-state index contributed by atoms with van der Waals surface area (Å²) in [6.07, 6.45) is 1.49. The largest absolute Gasteiger partial charge is 0.496 e. The maximum Gasteiger partial charge on any atom is 0.208 e. The molecule has 0 radical (unpaired) electrons. The topological polar surface area (TPSA) is 72.2 Å². The molecule has 4 heteroatoms. The zero-order valence-electron chi connectivity index (χ0n) is 10.6. The van der Waals surface area contributed by atoms with Gasteiger partial charge in [-0.1, -0.05) is 6.07 Å². The van der Waals surface area contributed by atoms with E-state index in [1.165, 1.54) is 6.26 Å². The predicted molar refractivity (Wildman–Crippen MR) is 69.3 cm³/mol. The molecule has 0 saturated heterocycles. The fourth-order valence-corrected chi connectivity index (χ4v) is 2.11. The first-order chi connectivity index (χ1) is 8.58. The standard InChI is InChI=1S/C14H14N2O2/c1-8-4-9(2)13(17-3)10(5-8)12-7-18-14(16)11(12)6-15/h4-5,7H,16H2,1-3H3. The van der Waals surface area contributed by atoms with Gasteiger partial charge in [-0.15, -0.1) is 0 Å². The van der Waals surface area contributed by atoms with E-state index in [9.17, 15) is 0 Å². The first kappa shape index (κ1) is 12.1. The lowest BCUT2D eigenvalue weighted by Gasteiger charge is -2.11. The molecule has 1 aromatic carbocycles. The second kappa shape index (κ2) is 4.46. The van der Waals surface area contributed by atoms with Crippen LogP contribution < -0.4 is 10.5 Å². The minimum Gasteiger partial charge on any atom is -0.496 e. The molecule has 2 rings (SSSR count). The Morgan fingerprint density at radius 3 is 2.61 bits per heavy atom. The van der Waals surface area contributed by atoms with Gasteiger partial charge in [0.25, 0.3) is 0 Å². The second-order valence-corrected chi connectivity index (χ2v) is 4.16. The summed E-state index contributed by atoms with van der Waals surface area (Å²) < 4.78 is 10.5. The predicted octanol–water partition coefficient (Wildman–Crippen LogP) is 3.03. The molecular formula is C14H14N2O2. The number of hydrogen-bond donors (Lipinski definition) is 1. The van der Waals surface area contributed by atoms with E-state index in [4.69, 9.17) is 20.1 Å². The number of furan rings is 1. The van der Waals surface area contributed by atoms with Gasteiger partial charge in [-0.05, 0) is 31.0 Å². The molecule has 0 bridgehead atoms. The lowest BCUT2D eigenvalue weighted by molar-refractivity contribution is 0.413. The van der Waals surface area contributed by atoms with Crippen molar-refractivity contribution in [1.29, 1.82) is 5.26 Å². The molecule has 2 aromatic rings. The van der Waals surface area contributed by atoms with Crippen LogP contribution >= 0.6 is 0 Å². The van der Waals surface area contributed by atoms with Gasteiger partial charge in [0.1, 0.15) is 23.6 Å². The molecule has 92 valence electrons. The molecule has 0 aliphatic carbocycles. The van der Waals surface area contributed by atoms with E-state index in [2.05, 4.69) is 6.07 Å². The van der Waals surface area contributed by atoms with Crippen LogP contribution in [-0.4, -0.2) is 7.11 Å². The number of anilines is 1. The Balaban J connectivity index is 2.75. The van der Waals surface area contributed by atoms with E-state index in [-0.39, 0.29) is 5.88 Å². The Labute approximate surface area is 106 Å². The van der Waals surface area contributed by atoms with Gasteiger partial charge < -0.3 is 14.9 Å². The average Bonchev–Trinajstić information content (AvgIpc) is 2.69. The van der Waals surface area contributed by atoms with Crippen molar-refractivity contribution < 1.29 is 9.15 Å². The average molecular weight is 242 g/mol. The molecule has 0 amide bonds. The molecule has 0 aliphatic heterocycles. The van der Waals surface area contributed by atoms with Crippen molar-refractivity contribution in [3.8, 4) is 22.9 Å². The van der Waals surface area contributed by atoms with Gasteiger partial charge in [0.15, 0.2) is 0 Å². The lowest BCUT2D eigenvalue weighted by atomic mass is 9.98. The number of nitrogens with zero attached hydrogens (tertiary/aromatic N) is 1. The number of aryl methyl sites for hydroxylation is 2. The Morgan fingerprint density at radius 1 is 1.28 bits per heavy atom. The third kappa shape index (κ3) is 1.80. The summed E-state index contributed by atoms with van der Waals surface area (Å²) in [5, 5.41) is 9.12. The zero-order valence-corrected chi connectivity index (χ0v) is 10.6. The van der Waals surface area contributed by atoms with E-state index in [1.807, 2.05) is 26.0 Å². The molecule has 0 atom stereocenters. The van der Waals surface area contributed by atoms with Crippen LogP contribution in [0.3, 0.4) is 0 Å². The van der Waals surface area contributed by atoms with Crippen molar-refractivity contribution in [1.82, 2.24) is 0 Å². The number of nitriles is 1. The third-order valence-electron chi connectivity index (χ3n) is 2.84. The summed E-state index contributed by atoms with van der Waals surface area (Å²) in [7, 11) is 1.61. The number of benzene rings is 1. The molecule has 2 N–H and O–H groups in total. The fraction of sp³-hybridized carbons (Fsp3) is 0.214. The normalized spacial score (nSPS) is 10.1. The van der Waals surface area contributed by atoms with Crippen LogP contribution in [0, 0.1) is 25.2 Å². The Hall–Kier alpha value is -2.41. The number of ether oxygens (including phenoxy) is 1. The first-order valence-corrected chi connectivity index (χ1v) is 5.51. The number of nitrogens with two attached hydrogens (primary N) is 1. The summed E-state index contributed by atoms with van der Waals surface area (Å²) in [5.74, 6) is 0.867. The Kier molecular flexibility index (Phi) is 2.99. The maximum atomic E-state index is 9.12. The van der Waals surface area contributed by atoms with Crippen LogP contribution in [0.1, 0.15) is 16.7 Å². The van der Waals surface area contributed by atoms with Crippen LogP contribution in [0.25, 0.3) is 11.1 Å². The minimum atomic E-state index is 0.133. The van der Waals surface area contributed by atoms with Crippen LogP contribution in [-0.2, 0) is 0 Å². The highest BCUT2D eigenvalue weighted by Gasteiger charge is 2.17. The van der Waals surface area contributed by atoms with Gasteiger partial charge in [0, 0.05) is 11.1 Å². The number of rotatable bonds is 2. The summed E-state index contributed by atoms with van der Waals surface area (Å²) in [6.45, 7) is 3.95. The molecule has 0 aliphatic rings. The van der Waals surface area contributed by atoms with E-state index >= 15 is 0 Å². The molecule has 0 spiro atoms. The molecule has 1 heterocycles. The van der Waals surface area contributed by atoms with Crippen molar-refractivity contribution >= 4 is 5.88 Å². The summed E-state index contributed by atoms with van der Waals surface area (Å²) in [6, 6.07) is 6.04. The summed E-state index contributed by atoms with van der Waals surface area (Å²) in [4.78, 5) is 0. The van der Waals surface area contributed by atoms with Gasteiger partial charge in [-0.25, -0.2) is 0 Å². The number of hydrogen-bond acceptors (Lipinski definition) is 4. The minimum absolute atomic E-state index is 0.133. The van der Waals surface area contributed by atoms with E-state index in [0.29, 0.717) is 11.1 Å². The highest BCUT2D eigenvalue weighted by atomic mass is 16.5. The zero-order chi connectivity index (χ0) is 13.3. The number of methoxy groups -OCH3 is 1. The van der Waals surface area contributed by atoms with Gasteiger partial charge in [0.05, 0.1) is 7.11 Å². The van der Waals surface area contributed by atoms with E-state index in [1.54, 1.807) is 7.11 Å². The fourth-order valence-electron chi connectivity index (χ4n) is 2.11. The monoisotopic (exact) mass is 242 g/mol. The molecule has 18 heavy (non-hydrogen) atoms. The number of nitrogen functional groups attached to an aromatic ring is 1. The third-order valence-corrected chi connectivity index (χ3v) is 2.84. The quantitative estimate of drug-likeness (QED) is 0.878. The Morgan fingerprint density at radius 2 is 2.00 bits per heavy atom. The van der Waals surface area contributed by atoms with Crippen molar-refractivity contribution in [3.63, 3.8) is 0 Å². The van der Waals surface area contributed by atoms with Gasteiger partial charge in [0.2, 0.25) is 5.88 Å². The Bertz CT molecular complexity index is 636. The smallest absolute Gasteiger partial charge is 0.208 e. The van der Waals surface area contributed by atoms with Gasteiger partial charge in [-0.3, -0.25) is 0 Å². The first-order valence-electron chi connectivity index (χ1n) is 5.51. The molecule has 1 aromatic heterocycles. The van der Waals surface area contributed by atoms with E-state index in [0.717, 1.165) is 22.4 Å². The highest BCUT2D eigenvalue weighted by Crippen LogP contribution is 2.38. The lowest BCUT2D eigenvalue weighted by Crippen LogP contribution is -1.94. The molecule has 0 fully saturated rings. The molecule has 0 unspecified atom stereocenters. The van der Waals surface area contributed by atoms with Gasteiger partial charge in [-0.2, -0.15) is 5.26 Å². The SMILES string of the molecule is COc1c(C)cc(C)cc1-c1coc(N)c1C#N. The molecule has 4 nitrogen and oxygen atoms in total. The molecular weight excluding hydrogens is 228 g/mol. The summed E-state index contributed by atoms with van der Waals surface area (Å²) in [5.41, 5.74) is 9.56. The summed E-state index contributed by atoms with van der Waals surface area (Å²) >= 11 is 0. The van der Waals surface area contributed by atoms with Crippen molar-refractivity contribution in [2.45, 2.75) is 13.8 Å². The van der Waals surface area contributed by atoms with Crippen molar-refractivity contribution in [2.75, 3.05) is 12.8 Å². The second-order valence-electron chi connectivity index (χ2n) is 4.16. The van der Waals surface area contributed by atoms with Crippen molar-refractivity contribution in [2.24, 2.45) is 0 Å². The van der Waals surface area contributed by atoms with E-state index < -0.39 is 0 Å². The molecule has 0 saturated carbocycles. The van der Waals surface area contributed by atoms with Gasteiger partial charge >= 0.3 is 0 Å². The van der Waals surface area contributed by atoms with Crippen LogP contribution in [0.5, 0.6) is 5.75 Å². The van der Waals surface area contributed by atoms with Crippen LogP contribution in [0.2, 0.25) is 0 Å². The van der Waals surface area contributed by atoms with Crippen molar-refractivity contribution in [3.05, 3.63) is 35.1 Å².